The van der Waals surface area contributed by atoms with Crippen molar-refractivity contribution in [1.29, 1.82) is 0 Å². The molecule has 0 N–H and O–H groups in total. The average molecular weight is 202 g/mol. The third-order valence-electron chi connectivity index (χ3n) is 2.76. The molecule has 0 aromatic heterocycles. The van der Waals surface area contributed by atoms with Crippen molar-refractivity contribution in [1.82, 2.24) is 0 Å². The van der Waals surface area contributed by atoms with Crippen molar-refractivity contribution in [2.24, 2.45) is 5.92 Å². The Bertz CT molecular complexity index is 338. The molecule has 1 heteroatoms. The summed E-state index contributed by atoms with van der Waals surface area (Å²) in [5.74, 6) is 0.404. The molecule has 15 heavy (non-hydrogen) atoms. The van der Waals surface area contributed by atoms with Crippen LogP contribution in [0.4, 0.5) is 0 Å². The minimum atomic E-state index is 0.144. The summed E-state index contributed by atoms with van der Waals surface area (Å²) in [6.07, 6.45) is 1.79. The van der Waals surface area contributed by atoms with E-state index in [0.717, 1.165) is 18.4 Å². The molecule has 1 aromatic rings. The van der Waals surface area contributed by atoms with Crippen LogP contribution in [-0.2, 0) is 4.79 Å². The lowest BCUT2D eigenvalue weighted by Crippen LogP contribution is -2.05. The monoisotopic (exact) mass is 202 g/mol. The highest BCUT2D eigenvalue weighted by Gasteiger charge is 2.08. The van der Waals surface area contributed by atoms with Crippen molar-refractivity contribution < 1.29 is 4.79 Å². The van der Waals surface area contributed by atoms with Crippen molar-refractivity contribution in [3.63, 3.8) is 0 Å². The number of Topliss-reactive ketones (excluding diaryl/α,β-unsaturated/α-hetero) is 1. The Morgan fingerprint density at radius 1 is 1.33 bits per heavy atom. The predicted octanol–water partition coefficient (Wildman–Crippen LogP) is 3.71. The Morgan fingerprint density at radius 2 is 1.93 bits per heavy atom. The van der Waals surface area contributed by atoms with Crippen molar-refractivity contribution in [3.8, 4) is 0 Å². The highest BCUT2D eigenvalue weighted by Crippen LogP contribution is 2.20. The first kappa shape index (κ1) is 11.7. The van der Waals surface area contributed by atoms with Crippen LogP contribution in [0, 0.1) is 5.92 Å². The van der Waals surface area contributed by atoms with Crippen LogP contribution in [0.25, 0.3) is 5.57 Å². The maximum absolute atomic E-state index is 11.1. The standard InChI is InChI=1S/C14H18O/c1-11(13(3)15)9-10-12(2)14-7-5-4-6-8-14/h4-8,11H,2,9-10H2,1,3H3. The molecule has 1 unspecified atom stereocenters. The Balaban J connectivity index is 2.47. The SMILES string of the molecule is C=C(CCC(C)C(C)=O)c1ccccc1. The van der Waals surface area contributed by atoms with Gasteiger partial charge in [-0.1, -0.05) is 43.8 Å². The predicted molar refractivity (Wildman–Crippen MR) is 64.6 cm³/mol. The first-order chi connectivity index (χ1) is 7.11. The molecule has 1 rings (SSSR count). The zero-order valence-electron chi connectivity index (χ0n) is 9.49. The first-order valence-corrected chi connectivity index (χ1v) is 5.35. The topological polar surface area (TPSA) is 17.1 Å². The van der Waals surface area contributed by atoms with Gasteiger partial charge < -0.3 is 0 Å². The fourth-order valence-corrected chi connectivity index (χ4v) is 1.41. The van der Waals surface area contributed by atoms with Crippen molar-refractivity contribution in [2.45, 2.75) is 26.7 Å². The fourth-order valence-electron chi connectivity index (χ4n) is 1.41. The number of carbonyl (C=O) groups is 1. The van der Waals surface area contributed by atoms with E-state index in [4.69, 9.17) is 0 Å². The molecule has 0 heterocycles. The van der Waals surface area contributed by atoms with Gasteiger partial charge in [-0.2, -0.15) is 0 Å². The van der Waals surface area contributed by atoms with Gasteiger partial charge in [-0.25, -0.2) is 0 Å². The molecule has 0 bridgehead atoms. The Hall–Kier alpha value is -1.37. The second-order valence-corrected chi connectivity index (χ2v) is 4.02. The molecular formula is C14H18O. The maximum Gasteiger partial charge on any atom is 0.132 e. The molecule has 0 spiro atoms. The van der Waals surface area contributed by atoms with Crippen LogP contribution in [0.1, 0.15) is 32.3 Å². The van der Waals surface area contributed by atoms with Gasteiger partial charge in [-0.15, -0.1) is 0 Å². The zero-order chi connectivity index (χ0) is 11.3. The second-order valence-electron chi connectivity index (χ2n) is 4.02. The molecule has 80 valence electrons. The molecule has 1 nitrogen and oxygen atoms in total. The lowest BCUT2D eigenvalue weighted by Gasteiger charge is -2.09. The van der Waals surface area contributed by atoms with E-state index in [1.807, 2.05) is 25.1 Å². The summed E-state index contributed by atoms with van der Waals surface area (Å²) in [5.41, 5.74) is 2.29. The van der Waals surface area contributed by atoms with Crippen LogP contribution in [0.15, 0.2) is 36.9 Å². The summed E-state index contributed by atoms with van der Waals surface area (Å²) in [6, 6.07) is 10.1. The van der Waals surface area contributed by atoms with Crippen LogP contribution in [0.2, 0.25) is 0 Å². The van der Waals surface area contributed by atoms with Crippen LogP contribution >= 0.6 is 0 Å². The van der Waals surface area contributed by atoms with Gasteiger partial charge in [0.05, 0.1) is 0 Å². The molecule has 0 fully saturated rings. The minimum Gasteiger partial charge on any atom is -0.300 e. The smallest absolute Gasteiger partial charge is 0.132 e. The fraction of sp³-hybridized carbons (Fsp3) is 0.357. The molecule has 0 saturated heterocycles. The third kappa shape index (κ3) is 3.70. The molecule has 1 aromatic carbocycles. The van der Waals surface area contributed by atoms with Crippen LogP contribution in [0.3, 0.4) is 0 Å². The van der Waals surface area contributed by atoms with Crippen LogP contribution in [-0.4, -0.2) is 5.78 Å². The van der Waals surface area contributed by atoms with E-state index in [1.165, 1.54) is 5.56 Å². The van der Waals surface area contributed by atoms with Gasteiger partial charge in [0.1, 0.15) is 5.78 Å². The molecule has 0 aliphatic rings. The number of hydrogen-bond donors (Lipinski definition) is 0. The van der Waals surface area contributed by atoms with E-state index in [9.17, 15) is 4.79 Å². The average Bonchev–Trinajstić information content (AvgIpc) is 2.26. The molecular weight excluding hydrogens is 184 g/mol. The van der Waals surface area contributed by atoms with E-state index < -0.39 is 0 Å². The molecule has 0 amide bonds. The number of hydrogen-bond acceptors (Lipinski definition) is 1. The van der Waals surface area contributed by atoms with Gasteiger partial charge in [0.2, 0.25) is 0 Å². The van der Waals surface area contributed by atoms with E-state index in [2.05, 4.69) is 18.7 Å². The van der Waals surface area contributed by atoms with E-state index >= 15 is 0 Å². The quantitative estimate of drug-likeness (QED) is 0.711. The first-order valence-electron chi connectivity index (χ1n) is 5.35. The summed E-state index contributed by atoms with van der Waals surface area (Å²) in [6.45, 7) is 7.67. The van der Waals surface area contributed by atoms with E-state index in [-0.39, 0.29) is 11.7 Å². The van der Waals surface area contributed by atoms with Gasteiger partial charge >= 0.3 is 0 Å². The van der Waals surface area contributed by atoms with Gasteiger partial charge in [0.15, 0.2) is 0 Å². The lowest BCUT2D eigenvalue weighted by molar-refractivity contribution is -0.120. The minimum absolute atomic E-state index is 0.144. The maximum atomic E-state index is 11.1. The molecule has 0 saturated carbocycles. The van der Waals surface area contributed by atoms with Crippen molar-refractivity contribution >= 4 is 11.4 Å². The number of rotatable bonds is 5. The Morgan fingerprint density at radius 3 is 2.47 bits per heavy atom. The second kappa shape index (κ2) is 5.50. The van der Waals surface area contributed by atoms with Gasteiger partial charge in [-0.05, 0) is 30.9 Å². The number of ketones is 1. The Labute approximate surface area is 91.8 Å². The normalized spacial score (nSPS) is 12.1. The van der Waals surface area contributed by atoms with Gasteiger partial charge in [0.25, 0.3) is 0 Å². The van der Waals surface area contributed by atoms with Gasteiger partial charge in [0, 0.05) is 5.92 Å². The Kier molecular flexibility index (Phi) is 4.29. The summed E-state index contributed by atoms with van der Waals surface area (Å²) >= 11 is 0. The van der Waals surface area contributed by atoms with Gasteiger partial charge in [-0.3, -0.25) is 4.79 Å². The summed E-state index contributed by atoms with van der Waals surface area (Å²) in [4.78, 5) is 11.1. The summed E-state index contributed by atoms with van der Waals surface area (Å²) in [5, 5.41) is 0. The largest absolute Gasteiger partial charge is 0.300 e. The third-order valence-corrected chi connectivity index (χ3v) is 2.76. The highest BCUT2D eigenvalue weighted by molar-refractivity contribution is 5.78. The van der Waals surface area contributed by atoms with Crippen molar-refractivity contribution in [2.75, 3.05) is 0 Å². The van der Waals surface area contributed by atoms with Crippen LogP contribution < -0.4 is 0 Å². The number of carbonyl (C=O) groups excluding carboxylic acids is 1. The zero-order valence-corrected chi connectivity index (χ0v) is 9.49. The van der Waals surface area contributed by atoms with E-state index in [1.54, 1.807) is 6.92 Å². The molecule has 0 aliphatic heterocycles. The molecule has 1 atom stereocenters. The van der Waals surface area contributed by atoms with Crippen molar-refractivity contribution in [3.05, 3.63) is 42.5 Å². The number of benzene rings is 1. The van der Waals surface area contributed by atoms with Crippen LogP contribution in [0.5, 0.6) is 0 Å². The van der Waals surface area contributed by atoms with E-state index in [0.29, 0.717) is 0 Å². The summed E-state index contributed by atoms with van der Waals surface area (Å²) in [7, 11) is 0. The number of allylic oxidation sites excluding steroid dienone is 1. The summed E-state index contributed by atoms with van der Waals surface area (Å²) < 4.78 is 0. The highest BCUT2D eigenvalue weighted by atomic mass is 16.1. The molecule has 0 aliphatic carbocycles. The molecule has 0 radical (unpaired) electrons. The lowest BCUT2D eigenvalue weighted by atomic mass is 9.95.